The van der Waals surface area contributed by atoms with E-state index in [1.54, 1.807) is 0 Å². The molecule has 34 heavy (non-hydrogen) atoms. The summed E-state index contributed by atoms with van der Waals surface area (Å²) in [5, 5.41) is 11.6. The topological polar surface area (TPSA) is 89.6 Å². The van der Waals surface area contributed by atoms with Gasteiger partial charge in [-0.3, -0.25) is 9.59 Å². The van der Waals surface area contributed by atoms with Crippen LogP contribution in [0.25, 0.3) is 0 Å². The van der Waals surface area contributed by atoms with E-state index < -0.39 is 23.0 Å². The van der Waals surface area contributed by atoms with Gasteiger partial charge in [-0.1, -0.05) is 45.9 Å². The van der Waals surface area contributed by atoms with E-state index in [-0.39, 0.29) is 40.7 Å². The Morgan fingerprint density at radius 1 is 1.29 bits per heavy atom. The largest absolute Gasteiger partial charge is 0.461 e. The Morgan fingerprint density at radius 2 is 2.00 bits per heavy atom. The number of carbonyl (C=O) groups excluding carboxylic acids is 2. The number of nitrogen functional groups attached to an aromatic ring is 1. The van der Waals surface area contributed by atoms with Crippen molar-refractivity contribution in [2.45, 2.75) is 76.9 Å². The van der Waals surface area contributed by atoms with Crippen LogP contribution in [0.15, 0.2) is 41.8 Å². The zero-order valence-corrected chi connectivity index (χ0v) is 21.7. The molecule has 0 aromatic heterocycles. The summed E-state index contributed by atoms with van der Waals surface area (Å²) in [5.41, 5.74) is 5.30. The molecule has 0 spiro atoms. The first-order valence-corrected chi connectivity index (χ1v) is 13.5. The van der Waals surface area contributed by atoms with Crippen molar-refractivity contribution >= 4 is 29.2 Å². The maximum absolute atomic E-state index is 13.4. The number of ketones is 1. The highest BCUT2D eigenvalue weighted by molar-refractivity contribution is 8.00. The smallest absolute Gasteiger partial charge is 0.316 e. The maximum Gasteiger partial charge on any atom is 0.316 e. The van der Waals surface area contributed by atoms with Gasteiger partial charge in [0.1, 0.15) is 11.9 Å². The van der Waals surface area contributed by atoms with E-state index in [1.807, 2.05) is 37.3 Å². The molecule has 6 heteroatoms. The fraction of sp³-hybridized carbons (Fsp3) is 0.643. The van der Waals surface area contributed by atoms with Crippen LogP contribution in [-0.4, -0.2) is 34.8 Å². The number of ether oxygens (including phenoxy) is 1. The van der Waals surface area contributed by atoms with Crippen LogP contribution in [0.4, 0.5) is 5.69 Å². The zero-order valence-electron chi connectivity index (χ0n) is 20.9. The van der Waals surface area contributed by atoms with E-state index in [2.05, 4.69) is 27.4 Å². The fourth-order valence-electron chi connectivity index (χ4n) is 7.44. The molecule has 3 saturated carbocycles. The second-order valence-corrected chi connectivity index (χ2v) is 12.4. The number of esters is 1. The number of carbonyl (C=O) groups is 2. The van der Waals surface area contributed by atoms with E-state index in [4.69, 9.17) is 10.5 Å². The Morgan fingerprint density at radius 3 is 2.68 bits per heavy atom. The molecule has 2 bridgehead atoms. The minimum atomic E-state index is -0.656. The monoisotopic (exact) mass is 485 g/mol. The highest BCUT2D eigenvalue weighted by Crippen LogP contribution is 2.68. The van der Waals surface area contributed by atoms with Crippen LogP contribution in [-0.2, 0) is 14.3 Å². The number of hydrogen-bond donors (Lipinski definition) is 2. The number of para-hydroxylation sites is 1. The zero-order chi connectivity index (χ0) is 24.9. The molecule has 1 unspecified atom stereocenters. The highest BCUT2D eigenvalue weighted by atomic mass is 32.2. The summed E-state index contributed by atoms with van der Waals surface area (Å²) in [4.78, 5) is 27.4. The van der Waals surface area contributed by atoms with Crippen molar-refractivity contribution in [1.82, 2.24) is 0 Å². The van der Waals surface area contributed by atoms with Crippen molar-refractivity contribution in [3.05, 3.63) is 36.9 Å². The van der Waals surface area contributed by atoms with Gasteiger partial charge in [0, 0.05) is 33.8 Å². The Kier molecular flexibility index (Phi) is 6.71. The molecule has 0 amide bonds. The molecule has 186 valence electrons. The lowest BCUT2D eigenvalue weighted by Crippen LogP contribution is -2.63. The first-order valence-electron chi connectivity index (χ1n) is 12.5. The van der Waals surface area contributed by atoms with Gasteiger partial charge in [0.2, 0.25) is 0 Å². The second kappa shape index (κ2) is 9.02. The molecule has 8 atom stereocenters. The molecule has 0 radical (unpaired) electrons. The normalized spacial score (nSPS) is 41.8. The summed E-state index contributed by atoms with van der Waals surface area (Å²) in [6.45, 7) is 12.5. The van der Waals surface area contributed by atoms with E-state index in [0.29, 0.717) is 18.5 Å². The summed E-state index contributed by atoms with van der Waals surface area (Å²) in [6.07, 6.45) is 4.36. The van der Waals surface area contributed by atoms with Gasteiger partial charge in [-0.25, -0.2) is 0 Å². The molecule has 4 rings (SSSR count). The molecule has 3 aliphatic rings. The van der Waals surface area contributed by atoms with Crippen molar-refractivity contribution in [3.63, 3.8) is 0 Å². The molecule has 3 aliphatic carbocycles. The lowest BCUT2D eigenvalue weighted by atomic mass is 9.44. The molecule has 5 nitrogen and oxygen atoms in total. The van der Waals surface area contributed by atoms with Crippen molar-refractivity contribution in [2.75, 3.05) is 11.5 Å². The van der Waals surface area contributed by atoms with Crippen LogP contribution >= 0.6 is 11.8 Å². The number of nitrogens with two attached hydrogens (primary N) is 1. The Bertz CT molecular complexity index is 981. The lowest BCUT2D eigenvalue weighted by molar-refractivity contribution is -0.205. The van der Waals surface area contributed by atoms with Crippen LogP contribution in [0.1, 0.15) is 59.8 Å². The van der Waals surface area contributed by atoms with Gasteiger partial charge >= 0.3 is 5.97 Å². The number of thioether (sulfide) groups is 1. The van der Waals surface area contributed by atoms with Crippen LogP contribution in [0, 0.1) is 34.0 Å². The van der Waals surface area contributed by atoms with Crippen molar-refractivity contribution in [1.29, 1.82) is 0 Å². The number of anilines is 1. The summed E-state index contributed by atoms with van der Waals surface area (Å²) in [5.74, 6) is 0.0675. The third kappa shape index (κ3) is 3.81. The summed E-state index contributed by atoms with van der Waals surface area (Å²) >= 11 is 1.37. The number of aliphatic hydroxyl groups excluding tert-OH is 1. The van der Waals surface area contributed by atoms with Crippen molar-refractivity contribution in [2.24, 2.45) is 34.0 Å². The van der Waals surface area contributed by atoms with Crippen molar-refractivity contribution < 1.29 is 19.4 Å². The minimum Gasteiger partial charge on any atom is -0.461 e. The molecule has 3 fully saturated rings. The Labute approximate surface area is 207 Å². The third-order valence-corrected chi connectivity index (χ3v) is 10.9. The third-order valence-electron chi connectivity index (χ3n) is 9.84. The van der Waals surface area contributed by atoms with Crippen LogP contribution in [0.3, 0.4) is 0 Å². The molecular weight excluding hydrogens is 446 g/mol. The van der Waals surface area contributed by atoms with Gasteiger partial charge in [0.05, 0.1) is 11.9 Å². The predicted molar refractivity (Wildman–Crippen MR) is 136 cm³/mol. The molecule has 1 aromatic rings. The molecule has 0 aliphatic heterocycles. The highest BCUT2D eigenvalue weighted by Gasteiger charge is 2.68. The predicted octanol–water partition coefficient (Wildman–Crippen LogP) is 5.27. The van der Waals surface area contributed by atoms with Gasteiger partial charge in [0.15, 0.2) is 0 Å². The van der Waals surface area contributed by atoms with E-state index in [1.165, 1.54) is 11.8 Å². The Hall–Kier alpha value is -1.79. The molecule has 3 N–H and O–H groups in total. The fourth-order valence-corrected chi connectivity index (χ4v) is 8.19. The lowest BCUT2D eigenvalue weighted by Gasteiger charge is -2.61. The Balaban J connectivity index is 1.69. The second-order valence-electron chi connectivity index (χ2n) is 11.4. The first-order chi connectivity index (χ1) is 16.0. The molecule has 1 aromatic carbocycles. The van der Waals surface area contributed by atoms with Gasteiger partial charge in [-0.2, -0.15) is 0 Å². The van der Waals surface area contributed by atoms with Crippen molar-refractivity contribution in [3.8, 4) is 0 Å². The van der Waals surface area contributed by atoms with Crippen LogP contribution in [0.2, 0.25) is 0 Å². The first kappa shape index (κ1) is 25.3. The van der Waals surface area contributed by atoms with Gasteiger partial charge < -0.3 is 15.6 Å². The van der Waals surface area contributed by atoms with E-state index in [9.17, 15) is 14.7 Å². The number of hydrogen-bond acceptors (Lipinski definition) is 6. The quantitative estimate of drug-likeness (QED) is 0.256. The summed E-state index contributed by atoms with van der Waals surface area (Å²) < 4.78 is 6.27. The molecule has 0 saturated heterocycles. The van der Waals surface area contributed by atoms with E-state index in [0.717, 1.165) is 24.2 Å². The standard InChI is InChI=1S/C28H39NO4S/c1-6-26(4)15-22(33-23(31)16-34-21-10-8-7-9-19(21)29)27(5)17(2)11-13-28(18(3)25(26)32)14-12-20(30)24(27)28/h6-10,17-18,22,24-25,32H,1,11-16,29H2,2-5H3/t17-,18+,22-,24?,25+,26-,27+,28+/m1/s1. The number of aliphatic hydroxyl groups is 1. The minimum absolute atomic E-state index is 0.0352. The van der Waals surface area contributed by atoms with Crippen LogP contribution in [0.5, 0.6) is 0 Å². The molecular formula is C28H39NO4S. The number of rotatable bonds is 5. The average molecular weight is 486 g/mol. The van der Waals surface area contributed by atoms with Gasteiger partial charge in [-0.05, 0) is 55.1 Å². The van der Waals surface area contributed by atoms with Gasteiger partial charge in [-0.15, -0.1) is 18.3 Å². The summed E-state index contributed by atoms with van der Waals surface area (Å²) in [6, 6.07) is 7.47. The average Bonchev–Trinajstić information content (AvgIpc) is 3.17. The van der Waals surface area contributed by atoms with Gasteiger partial charge in [0.25, 0.3) is 0 Å². The van der Waals surface area contributed by atoms with E-state index >= 15 is 0 Å². The maximum atomic E-state index is 13.4. The summed E-state index contributed by atoms with van der Waals surface area (Å²) in [7, 11) is 0. The SMILES string of the molecule is C=C[C@]1(C)C[C@@H](OC(=O)CSc2ccccc2N)[C@@]2(C)C3C(=O)CC[C@@]3(CC[C@H]2C)[C@@H](C)[C@@H]1O. The van der Waals surface area contributed by atoms with Crippen LogP contribution < -0.4 is 5.73 Å². The molecule has 0 heterocycles. The number of Topliss-reactive ketones (excluding diaryl/α,β-unsaturated/α-hetero) is 1. The number of benzene rings is 1.